The fourth-order valence-electron chi connectivity index (χ4n) is 2.37. The van der Waals surface area contributed by atoms with Gasteiger partial charge in [0.15, 0.2) is 17.2 Å². The average molecular weight is 320 g/mol. The lowest BCUT2D eigenvalue weighted by atomic mass is 10.2. The van der Waals surface area contributed by atoms with Crippen molar-refractivity contribution in [3.63, 3.8) is 0 Å². The third kappa shape index (κ3) is 2.83. The van der Waals surface area contributed by atoms with E-state index in [1.54, 1.807) is 17.6 Å². The minimum atomic E-state index is -0.936. The van der Waals surface area contributed by atoms with Crippen LogP contribution in [0.3, 0.4) is 0 Å². The van der Waals surface area contributed by atoms with E-state index in [0.29, 0.717) is 17.7 Å². The van der Waals surface area contributed by atoms with Crippen LogP contribution in [0.1, 0.15) is 23.0 Å². The predicted molar refractivity (Wildman–Crippen MR) is 78.8 cm³/mol. The fraction of sp³-hybridized carbons (Fsp3) is 0.188. The van der Waals surface area contributed by atoms with E-state index in [-0.39, 0.29) is 17.8 Å². The molecule has 0 fully saturated rings. The zero-order valence-electron chi connectivity index (χ0n) is 12.3. The molecule has 1 N–H and O–H groups in total. The third-order valence-electron chi connectivity index (χ3n) is 3.42. The maximum absolute atomic E-state index is 13.9. The minimum Gasteiger partial charge on any atom is -0.463 e. The Morgan fingerprint density at radius 2 is 2.17 bits per heavy atom. The van der Waals surface area contributed by atoms with Gasteiger partial charge in [-0.1, -0.05) is 12.1 Å². The van der Waals surface area contributed by atoms with Crippen LogP contribution in [-0.4, -0.2) is 17.1 Å². The van der Waals surface area contributed by atoms with E-state index in [1.165, 1.54) is 24.5 Å². The van der Waals surface area contributed by atoms with Crippen LogP contribution in [0.25, 0.3) is 11.1 Å². The van der Waals surface area contributed by atoms with E-state index in [9.17, 15) is 13.6 Å². The van der Waals surface area contributed by atoms with Crippen LogP contribution in [0, 0.1) is 11.6 Å². The number of amides is 1. The summed E-state index contributed by atoms with van der Waals surface area (Å²) in [6, 6.07) is 7.12. The van der Waals surface area contributed by atoms with Gasteiger partial charge < -0.3 is 8.98 Å². The summed E-state index contributed by atoms with van der Waals surface area (Å²) in [7, 11) is 0. The highest BCUT2D eigenvalue weighted by molar-refractivity contribution is 5.97. The molecule has 0 radical (unpaired) electrons. The van der Waals surface area contributed by atoms with Gasteiger partial charge in [-0.15, -0.1) is 0 Å². The van der Waals surface area contributed by atoms with Crippen LogP contribution in [0.15, 0.2) is 41.0 Å². The number of furan rings is 1. The lowest BCUT2D eigenvalue weighted by Gasteiger charge is -2.11. The highest BCUT2D eigenvalue weighted by atomic mass is 19.2. The number of hydrogen-bond donors (Lipinski definition) is 1. The molecule has 3 aromatic rings. The maximum atomic E-state index is 13.9. The second kappa shape index (κ2) is 6.21. The first-order valence-corrected chi connectivity index (χ1v) is 7.03. The molecule has 0 bridgehead atoms. The van der Waals surface area contributed by atoms with Crippen LogP contribution >= 0.6 is 0 Å². The Morgan fingerprint density at radius 1 is 1.35 bits per heavy atom. The van der Waals surface area contributed by atoms with Crippen LogP contribution < -0.4 is 5.48 Å². The summed E-state index contributed by atoms with van der Waals surface area (Å²) in [5.74, 6) is -2.36. The number of aromatic nitrogens is 1. The smallest absolute Gasteiger partial charge is 0.291 e. The number of carbonyl (C=O) groups is 1. The molecule has 0 aliphatic carbocycles. The van der Waals surface area contributed by atoms with Gasteiger partial charge in [0.05, 0.1) is 24.9 Å². The molecular formula is C16H14F2N2O3. The van der Waals surface area contributed by atoms with Crippen LogP contribution in [-0.2, 0) is 11.4 Å². The third-order valence-corrected chi connectivity index (χ3v) is 3.42. The molecule has 0 atom stereocenters. The zero-order valence-corrected chi connectivity index (χ0v) is 12.3. The predicted octanol–water partition coefficient (Wildman–Crippen LogP) is 3.24. The van der Waals surface area contributed by atoms with Gasteiger partial charge in [-0.05, 0) is 13.0 Å². The average Bonchev–Trinajstić information content (AvgIpc) is 3.12. The van der Waals surface area contributed by atoms with E-state index in [1.807, 2.05) is 0 Å². The second-order valence-corrected chi connectivity index (χ2v) is 4.86. The summed E-state index contributed by atoms with van der Waals surface area (Å²) >= 11 is 0. The minimum absolute atomic E-state index is 0.0124. The Labute approximate surface area is 130 Å². The molecule has 2 heterocycles. The number of rotatable bonds is 5. The van der Waals surface area contributed by atoms with E-state index in [4.69, 9.17) is 9.25 Å². The van der Waals surface area contributed by atoms with Gasteiger partial charge in [-0.3, -0.25) is 9.63 Å². The molecule has 7 heteroatoms. The molecule has 23 heavy (non-hydrogen) atoms. The van der Waals surface area contributed by atoms with Crippen molar-refractivity contribution in [2.24, 2.45) is 0 Å². The maximum Gasteiger partial charge on any atom is 0.291 e. The van der Waals surface area contributed by atoms with Crippen molar-refractivity contribution >= 4 is 17.0 Å². The first-order valence-electron chi connectivity index (χ1n) is 7.03. The summed E-state index contributed by atoms with van der Waals surface area (Å²) in [5, 5.41) is 0. The number of halogens is 2. The topological polar surface area (TPSA) is 56.4 Å². The van der Waals surface area contributed by atoms with Crippen LogP contribution in [0.2, 0.25) is 0 Å². The molecule has 0 aliphatic heterocycles. The highest BCUT2D eigenvalue weighted by Crippen LogP contribution is 2.23. The fourth-order valence-corrected chi connectivity index (χ4v) is 2.37. The second-order valence-electron chi connectivity index (χ2n) is 4.86. The molecule has 3 rings (SSSR count). The Balaban J connectivity index is 2.02. The Hall–Kier alpha value is -2.67. The first-order chi connectivity index (χ1) is 11.1. The van der Waals surface area contributed by atoms with Gasteiger partial charge in [-0.25, -0.2) is 14.3 Å². The van der Waals surface area contributed by atoms with Gasteiger partial charge in [-0.2, -0.15) is 0 Å². The molecule has 1 aromatic carbocycles. The largest absolute Gasteiger partial charge is 0.463 e. The molecule has 2 aromatic heterocycles. The van der Waals surface area contributed by atoms with E-state index in [2.05, 4.69) is 5.48 Å². The van der Waals surface area contributed by atoms with Gasteiger partial charge in [0.1, 0.15) is 5.69 Å². The standard InChI is InChI=1S/C16H14F2N2O3/c1-2-23-19-16(21)13-8-14-12(6-7-22-14)20(13)9-10-4-3-5-11(17)15(10)18/h3-8H,2,9H2,1H3,(H,19,21). The summed E-state index contributed by atoms with van der Waals surface area (Å²) < 4.78 is 34.1. The molecule has 0 spiro atoms. The number of hydroxylamine groups is 1. The van der Waals surface area contributed by atoms with Crippen molar-refractivity contribution in [3.8, 4) is 0 Å². The quantitative estimate of drug-likeness (QED) is 0.734. The summed E-state index contributed by atoms with van der Waals surface area (Å²) in [6.45, 7) is 2.02. The van der Waals surface area contributed by atoms with Crippen LogP contribution in [0.4, 0.5) is 8.78 Å². The van der Waals surface area contributed by atoms with Crippen LogP contribution in [0.5, 0.6) is 0 Å². The molecule has 1 amide bonds. The van der Waals surface area contributed by atoms with E-state index < -0.39 is 17.5 Å². The summed E-state index contributed by atoms with van der Waals surface area (Å²) in [5.41, 5.74) is 3.73. The monoisotopic (exact) mass is 320 g/mol. The molecule has 0 saturated carbocycles. The van der Waals surface area contributed by atoms with Crippen molar-refractivity contribution in [2.45, 2.75) is 13.5 Å². The van der Waals surface area contributed by atoms with Gasteiger partial charge >= 0.3 is 0 Å². The normalized spacial score (nSPS) is 11.1. The summed E-state index contributed by atoms with van der Waals surface area (Å²) in [4.78, 5) is 17.1. The number of nitrogens with zero attached hydrogens (tertiary/aromatic N) is 1. The van der Waals surface area contributed by atoms with E-state index >= 15 is 0 Å². The first kappa shape index (κ1) is 15.2. The van der Waals surface area contributed by atoms with Crippen molar-refractivity contribution in [3.05, 3.63) is 59.5 Å². The van der Waals surface area contributed by atoms with Crippen molar-refractivity contribution < 1.29 is 22.8 Å². The Morgan fingerprint density at radius 3 is 2.96 bits per heavy atom. The van der Waals surface area contributed by atoms with Crippen molar-refractivity contribution in [2.75, 3.05) is 6.61 Å². The summed E-state index contributed by atoms with van der Waals surface area (Å²) in [6.07, 6.45) is 1.47. The Kier molecular flexibility index (Phi) is 4.12. The number of hydrogen-bond acceptors (Lipinski definition) is 3. The molecular weight excluding hydrogens is 306 g/mol. The van der Waals surface area contributed by atoms with E-state index in [0.717, 1.165) is 6.07 Å². The molecule has 0 saturated heterocycles. The van der Waals surface area contributed by atoms with Gasteiger partial charge in [0, 0.05) is 17.7 Å². The molecule has 0 unspecified atom stereocenters. The number of benzene rings is 1. The number of fused-ring (bicyclic) bond motifs is 1. The Bertz CT molecular complexity index is 854. The zero-order chi connectivity index (χ0) is 16.4. The SMILES string of the molecule is CCONC(=O)c1cc2occc2n1Cc1cccc(F)c1F. The van der Waals surface area contributed by atoms with Crippen molar-refractivity contribution in [1.29, 1.82) is 0 Å². The highest BCUT2D eigenvalue weighted by Gasteiger charge is 2.19. The number of carbonyl (C=O) groups excluding carboxylic acids is 1. The molecule has 0 aliphatic rings. The lowest BCUT2D eigenvalue weighted by molar-refractivity contribution is 0.0357. The van der Waals surface area contributed by atoms with Gasteiger partial charge in [0.25, 0.3) is 5.91 Å². The van der Waals surface area contributed by atoms with Crippen molar-refractivity contribution in [1.82, 2.24) is 10.0 Å². The van der Waals surface area contributed by atoms with Gasteiger partial charge in [0.2, 0.25) is 0 Å². The number of nitrogens with one attached hydrogen (secondary N) is 1. The molecule has 5 nitrogen and oxygen atoms in total. The lowest BCUT2D eigenvalue weighted by Crippen LogP contribution is -2.26. The molecule has 120 valence electrons.